The van der Waals surface area contributed by atoms with Gasteiger partial charge in [0, 0.05) is 0 Å². The highest BCUT2D eigenvalue weighted by molar-refractivity contribution is 7.86. The van der Waals surface area contributed by atoms with Crippen LogP contribution in [0.5, 0.6) is 0 Å². The fourth-order valence-electron chi connectivity index (χ4n) is 1.05. The second-order valence-electron chi connectivity index (χ2n) is 3.25. The zero-order chi connectivity index (χ0) is 10.3. The van der Waals surface area contributed by atoms with Gasteiger partial charge in [-0.15, -0.1) is 6.58 Å². The van der Waals surface area contributed by atoms with Crippen molar-refractivity contribution in [2.75, 3.05) is 0 Å². The van der Waals surface area contributed by atoms with Crippen molar-refractivity contribution in [2.45, 2.75) is 44.3 Å². The molecule has 0 aliphatic rings. The topological polar surface area (TPSA) is 54.4 Å². The van der Waals surface area contributed by atoms with Gasteiger partial charge >= 0.3 is 0 Å². The fourth-order valence-corrected chi connectivity index (χ4v) is 1.51. The number of allylic oxidation sites excluding steroid dienone is 1. The third kappa shape index (κ3) is 8.19. The highest BCUT2D eigenvalue weighted by Crippen LogP contribution is 2.10. The van der Waals surface area contributed by atoms with E-state index >= 15 is 0 Å². The van der Waals surface area contributed by atoms with Gasteiger partial charge in [-0.2, -0.15) is 8.42 Å². The van der Waals surface area contributed by atoms with Crippen LogP contribution < -0.4 is 0 Å². The van der Waals surface area contributed by atoms with Gasteiger partial charge in [0.2, 0.25) is 0 Å². The van der Waals surface area contributed by atoms with Crippen LogP contribution in [0.15, 0.2) is 12.7 Å². The molecule has 14 heavy (non-hydrogen) atoms. The summed E-state index contributed by atoms with van der Waals surface area (Å²) in [6, 6.07) is 0. The zero-order valence-corrected chi connectivity index (χ0v) is 9.29. The minimum absolute atomic E-state index is 0. The summed E-state index contributed by atoms with van der Waals surface area (Å²) in [5.41, 5.74) is 0. The Morgan fingerprint density at radius 2 is 1.93 bits per heavy atom. The van der Waals surface area contributed by atoms with E-state index in [2.05, 4.69) is 6.58 Å². The van der Waals surface area contributed by atoms with Gasteiger partial charge in [-0.05, 0) is 26.2 Å². The summed E-state index contributed by atoms with van der Waals surface area (Å²) >= 11 is 0. The number of hydrogen-bond donors (Lipinski definition) is 1. The van der Waals surface area contributed by atoms with E-state index in [0.29, 0.717) is 6.42 Å². The molecule has 0 bridgehead atoms. The number of rotatable bonds is 7. The van der Waals surface area contributed by atoms with Crippen LogP contribution in [0.2, 0.25) is 0 Å². The second kappa shape index (κ2) is 7.94. The third-order valence-corrected chi connectivity index (χ3v) is 3.28. The van der Waals surface area contributed by atoms with Gasteiger partial charge < -0.3 is 0 Å². The molecular formula is C9H19FO3S. The molecule has 0 heterocycles. The zero-order valence-electron chi connectivity index (χ0n) is 8.48. The highest BCUT2D eigenvalue weighted by atomic mass is 32.2. The van der Waals surface area contributed by atoms with Crippen molar-refractivity contribution in [3.05, 3.63) is 12.7 Å². The first kappa shape index (κ1) is 16.0. The smallest absolute Gasteiger partial charge is 0.267 e. The van der Waals surface area contributed by atoms with Crippen LogP contribution in [0.4, 0.5) is 4.70 Å². The van der Waals surface area contributed by atoms with E-state index < -0.39 is 15.4 Å². The van der Waals surface area contributed by atoms with Gasteiger partial charge in [0.15, 0.2) is 0 Å². The van der Waals surface area contributed by atoms with Gasteiger partial charge in [0.25, 0.3) is 10.1 Å². The third-order valence-electron chi connectivity index (χ3n) is 2.03. The Labute approximate surface area is 85.3 Å². The normalized spacial score (nSPS) is 13.0. The van der Waals surface area contributed by atoms with Crippen molar-refractivity contribution in [3.63, 3.8) is 0 Å². The predicted molar refractivity (Wildman–Crippen MR) is 56.8 cm³/mol. The maximum Gasteiger partial charge on any atom is 0.267 e. The summed E-state index contributed by atoms with van der Waals surface area (Å²) < 4.78 is 29.8. The van der Waals surface area contributed by atoms with E-state index in [1.54, 1.807) is 0 Å². The molecule has 0 fully saturated rings. The van der Waals surface area contributed by atoms with Crippen LogP contribution in [0, 0.1) is 0 Å². The lowest BCUT2D eigenvalue weighted by atomic mass is 10.1. The van der Waals surface area contributed by atoms with Gasteiger partial charge in [-0.25, -0.2) is 0 Å². The first-order valence-electron chi connectivity index (χ1n) is 4.55. The molecule has 86 valence electrons. The Hall–Kier alpha value is -0.420. The Morgan fingerprint density at radius 3 is 2.36 bits per heavy atom. The van der Waals surface area contributed by atoms with Gasteiger partial charge in [0.1, 0.15) is 0 Å². The molecule has 0 saturated carbocycles. The molecule has 0 spiro atoms. The van der Waals surface area contributed by atoms with Crippen molar-refractivity contribution in [1.29, 1.82) is 0 Å². The van der Waals surface area contributed by atoms with Crippen LogP contribution in [-0.4, -0.2) is 18.2 Å². The average molecular weight is 226 g/mol. The molecule has 0 aromatic carbocycles. The first-order chi connectivity index (χ1) is 5.98. The Kier molecular flexibility index (Phi) is 9.08. The van der Waals surface area contributed by atoms with Crippen LogP contribution in [0.1, 0.15) is 39.0 Å². The van der Waals surface area contributed by atoms with Crippen molar-refractivity contribution in [2.24, 2.45) is 0 Å². The van der Waals surface area contributed by atoms with Crippen LogP contribution in [0.3, 0.4) is 0 Å². The summed E-state index contributed by atoms with van der Waals surface area (Å²) in [6.45, 7) is 5.13. The summed E-state index contributed by atoms with van der Waals surface area (Å²) in [5.74, 6) is 0. The summed E-state index contributed by atoms with van der Waals surface area (Å²) in [6.07, 6.45) is 6.24. The summed E-state index contributed by atoms with van der Waals surface area (Å²) in [5, 5.41) is -0.628. The quantitative estimate of drug-likeness (QED) is 0.412. The predicted octanol–water partition coefficient (Wildman–Crippen LogP) is 2.55. The minimum Gasteiger partial charge on any atom is -0.285 e. The molecule has 5 heteroatoms. The van der Waals surface area contributed by atoms with E-state index in [0.717, 1.165) is 25.7 Å². The molecule has 0 amide bonds. The summed E-state index contributed by atoms with van der Waals surface area (Å²) in [7, 11) is -3.82. The monoisotopic (exact) mass is 226 g/mol. The molecule has 0 aliphatic carbocycles. The number of hydrogen-bond acceptors (Lipinski definition) is 2. The Bertz CT molecular complexity index is 236. The van der Waals surface area contributed by atoms with Crippen LogP contribution in [0.25, 0.3) is 0 Å². The lowest BCUT2D eigenvalue weighted by Crippen LogP contribution is -2.16. The van der Waals surface area contributed by atoms with Gasteiger partial charge in [-0.1, -0.05) is 18.9 Å². The highest BCUT2D eigenvalue weighted by Gasteiger charge is 2.15. The molecule has 1 unspecified atom stereocenters. The molecule has 3 nitrogen and oxygen atoms in total. The Morgan fingerprint density at radius 1 is 1.36 bits per heavy atom. The van der Waals surface area contributed by atoms with E-state index in [1.165, 1.54) is 6.92 Å². The fraction of sp³-hybridized carbons (Fsp3) is 0.778. The standard InChI is InChI=1S/C9H18O3S.FH/c1-3-4-5-6-7-8-9(2)13(10,11)12;/h3,9H,1,4-8H2,2H3,(H,10,11,12);1H. The van der Waals surface area contributed by atoms with Crippen molar-refractivity contribution in [1.82, 2.24) is 0 Å². The van der Waals surface area contributed by atoms with Crippen molar-refractivity contribution in [3.8, 4) is 0 Å². The maximum atomic E-state index is 10.6. The molecule has 0 aliphatic heterocycles. The van der Waals surface area contributed by atoms with E-state index in [1.807, 2.05) is 6.08 Å². The minimum atomic E-state index is -3.82. The molecule has 0 rings (SSSR count). The summed E-state index contributed by atoms with van der Waals surface area (Å²) in [4.78, 5) is 0. The number of halogens is 1. The van der Waals surface area contributed by atoms with Gasteiger partial charge in [-0.3, -0.25) is 9.26 Å². The molecule has 1 N–H and O–H groups in total. The average Bonchev–Trinajstić information content (AvgIpc) is 2.02. The maximum absolute atomic E-state index is 10.6. The lowest BCUT2D eigenvalue weighted by molar-refractivity contribution is 0.462. The van der Waals surface area contributed by atoms with E-state index in [4.69, 9.17) is 4.55 Å². The largest absolute Gasteiger partial charge is 0.285 e. The molecular weight excluding hydrogens is 207 g/mol. The lowest BCUT2D eigenvalue weighted by Gasteiger charge is -2.06. The van der Waals surface area contributed by atoms with Crippen molar-refractivity contribution < 1.29 is 17.7 Å². The molecule has 0 aromatic rings. The number of unbranched alkanes of at least 4 members (excludes halogenated alkanes) is 3. The van der Waals surface area contributed by atoms with E-state index in [-0.39, 0.29) is 4.70 Å². The first-order valence-corrected chi connectivity index (χ1v) is 6.06. The van der Waals surface area contributed by atoms with Crippen LogP contribution in [-0.2, 0) is 10.1 Å². The van der Waals surface area contributed by atoms with Gasteiger partial charge in [0.05, 0.1) is 5.25 Å². The molecule has 0 aromatic heterocycles. The van der Waals surface area contributed by atoms with Crippen LogP contribution >= 0.6 is 0 Å². The van der Waals surface area contributed by atoms with E-state index in [9.17, 15) is 8.42 Å². The SMILES string of the molecule is C=CCCCCCC(C)S(=O)(=O)O.F. The molecule has 0 radical (unpaired) electrons. The van der Waals surface area contributed by atoms with Crippen molar-refractivity contribution >= 4 is 10.1 Å². The molecule has 1 atom stereocenters. The molecule has 0 saturated heterocycles. The Balaban J connectivity index is 0. The second-order valence-corrected chi connectivity index (χ2v) is 5.09.